The first-order valence-electron chi connectivity index (χ1n) is 7.69. The number of amides is 1. The fraction of sp³-hybridized carbons (Fsp3) is 0.375. The number of anilines is 1. The molecular formula is C16H15F3N2O3S2. The highest BCUT2D eigenvalue weighted by Gasteiger charge is 2.39. The zero-order valence-electron chi connectivity index (χ0n) is 13.9. The summed E-state index contributed by atoms with van der Waals surface area (Å²) in [4.78, 5) is 17.7. The maximum atomic E-state index is 12.9. The Morgan fingerprint density at radius 1 is 1.31 bits per heavy atom. The van der Waals surface area contributed by atoms with E-state index in [1.165, 1.54) is 12.1 Å². The minimum atomic E-state index is -4.50. The van der Waals surface area contributed by atoms with Crippen molar-refractivity contribution < 1.29 is 26.4 Å². The second kappa shape index (κ2) is 6.34. The molecule has 1 aromatic heterocycles. The maximum absolute atomic E-state index is 12.9. The van der Waals surface area contributed by atoms with Crippen LogP contribution in [0.5, 0.6) is 0 Å². The molecule has 0 N–H and O–H groups in total. The molecule has 10 heteroatoms. The van der Waals surface area contributed by atoms with Crippen LogP contribution in [0.4, 0.5) is 19.0 Å². The van der Waals surface area contributed by atoms with Crippen molar-refractivity contribution >= 4 is 32.9 Å². The number of carbonyl (C=O) groups is 1. The van der Waals surface area contributed by atoms with Crippen LogP contribution in [0.1, 0.15) is 35.9 Å². The number of benzene rings is 1. The molecular weight excluding hydrogens is 389 g/mol. The van der Waals surface area contributed by atoms with Crippen LogP contribution < -0.4 is 4.90 Å². The van der Waals surface area contributed by atoms with E-state index in [2.05, 4.69) is 4.98 Å². The van der Waals surface area contributed by atoms with E-state index in [4.69, 9.17) is 0 Å². The molecule has 0 saturated heterocycles. The minimum Gasteiger partial charge on any atom is -0.290 e. The highest BCUT2D eigenvalue weighted by atomic mass is 32.2. The highest BCUT2D eigenvalue weighted by Crippen LogP contribution is 2.39. The van der Waals surface area contributed by atoms with E-state index < -0.39 is 33.2 Å². The first kappa shape index (κ1) is 18.8. The topological polar surface area (TPSA) is 67.3 Å². The molecule has 3 rings (SSSR count). The quantitative estimate of drug-likeness (QED) is 0.784. The Kier molecular flexibility index (Phi) is 4.60. The molecule has 0 bridgehead atoms. The smallest absolute Gasteiger partial charge is 0.290 e. The Hall–Kier alpha value is -1.94. The van der Waals surface area contributed by atoms with Crippen molar-refractivity contribution in [2.75, 3.05) is 10.7 Å². The molecule has 0 unspecified atom stereocenters. The van der Waals surface area contributed by atoms with Gasteiger partial charge in [-0.3, -0.25) is 9.69 Å². The van der Waals surface area contributed by atoms with Crippen molar-refractivity contribution in [2.45, 2.75) is 36.7 Å². The summed E-state index contributed by atoms with van der Waals surface area (Å²) < 4.78 is 63.2. The molecule has 0 atom stereocenters. The normalized spacial score (nSPS) is 16.8. The van der Waals surface area contributed by atoms with Gasteiger partial charge in [0.2, 0.25) is 15.7 Å². The number of hydrogen-bond donors (Lipinski definition) is 0. The van der Waals surface area contributed by atoms with Gasteiger partial charge in [-0.15, -0.1) is 11.3 Å². The number of carbonyl (C=O) groups excluding carboxylic acids is 1. The SMILES string of the molecule is CC(C)c1nc2c(s1)S(=O)(=O)CC(=O)N2Cc1cccc(C(F)(F)F)c1. The summed E-state index contributed by atoms with van der Waals surface area (Å²) in [5.41, 5.74) is -0.578. The molecule has 0 radical (unpaired) electrons. The summed E-state index contributed by atoms with van der Waals surface area (Å²) in [6.07, 6.45) is -4.50. The first-order valence-corrected chi connectivity index (χ1v) is 10.2. The van der Waals surface area contributed by atoms with Gasteiger partial charge in [-0.25, -0.2) is 13.4 Å². The number of aromatic nitrogens is 1. The monoisotopic (exact) mass is 404 g/mol. The van der Waals surface area contributed by atoms with Crippen LogP contribution in [0.3, 0.4) is 0 Å². The Labute approximate surface area is 152 Å². The van der Waals surface area contributed by atoms with E-state index in [9.17, 15) is 26.4 Å². The maximum Gasteiger partial charge on any atom is 0.416 e. The van der Waals surface area contributed by atoms with Crippen molar-refractivity contribution in [3.8, 4) is 0 Å². The second-order valence-electron chi connectivity index (χ2n) is 6.25. The van der Waals surface area contributed by atoms with Crippen molar-refractivity contribution in [3.05, 3.63) is 40.4 Å². The molecule has 26 heavy (non-hydrogen) atoms. The second-order valence-corrected chi connectivity index (χ2v) is 9.47. The van der Waals surface area contributed by atoms with Gasteiger partial charge in [-0.2, -0.15) is 13.2 Å². The van der Waals surface area contributed by atoms with E-state index >= 15 is 0 Å². The molecule has 0 saturated carbocycles. The summed E-state index contributed by atoms with van der Waals surface area (Å²) in [5.74, 6) is -1.44. The van der Waals surface area contributed by atoms with Gasteiger partial charge in [0.25, 0.3) is 0 Å². The molecule has 2 heterocycles. The lowest BCUT2D eigenvalue weighted by atomic mass is 10.1. The number of thiazole rings is 1. The third-order valence-corrected chi connectivity index (χ3v) is 7.36. The van der Waals surface area contributed by atoms with Gasteiger partial charge in [0.1, 0.15) is 5.75 Å². The minimum absolute atomic E-state index is 0.00669. The van der Waals surface area contributed by atoms with Crippen LogP contribution in [0, 0.1) is 0 Å². The Morgan fingerprint density at radius 2 is 2.00 bits per heavy atom. The van der Waals surface area contributed by atoms with E-state index in [1.54, 1.807) is 0 Å². The van der Waals surface area contributed by atoms with Crippen LogP contribution in [-0.4, -0.2) is 25.1 Å². The molecule has 1 amide bonds. The summed E-state index contributed by atoms with van der Waals surface area (Å²) >= 11 is 1.00. The average Bonchev–Trinajstić information content (AvgIpc) is 2.97. The van der Waals surface area contributed by atoms with Crippen LogP contribution in [-0.2, 0) is 27.4 Å². The van der Waals surface area contributed by atoms with Crippen molar-refractivity contribution in [3.63, 3.8) is 0 Å². The van der Waals surface area contributed by atoms with Gasteiger partial charge in [-0.1, -0.05) is 26.0 Å². The number of rotatable bonds is 3. The zero-order valence-corrected chi connectivity index (χ0v) is 15.5. The number of alkyl halides is 3. The van der Waals surface area contributed by atoms with Crippen LogP contribution in [0.15, 0.2) is 28.5 Å². The average molecular weight is 404 g/mol. The van der Waals surface area contributed by atoms with Gasteiger partial charge in [0, 0.05) is 5.92 Å². The molecule has 1 aromatic carbocycles. The van der Waals surface area contributed by atoms with Gasteiger partial charge >= 0.3 is 6.18 Å². The van der Waals surface area contributed by atoms with E-state index in [0.717, 1.165) is 28.4 Å². The third-order valence-electron chi connectivity index (χ3n) is 3.84. The number of sulfone groups is 1. The third kappa shape index (κ3) is 3.48. The van der Waals surface area contributed by atoms with E-state index in [0.29, 0.717) is 5.01 Å². The fourth-order valence-electron chi connectivity index (χ4n) is 2.55. The molecule has 0 fully saturated rings. The van der Waals surface area contributed by atoms with Gasteiger partial charge < -0.3 is 0 Å². The van der Waals surface area contributed by atoms with Crippen LogP contribution >= 0.6 is 11.3 Å². The van der Waals surface area contributed by atoms with Gasteiger partial charge in [0.05, 0.1) is 17.1 Å². The molecule has 140 valence electrons. The fourth-order valence-corrected chi connectivity index (χ4v) is 5.34. The number of hydrogen-bond acceptors (Lipinski definition) is 5. The van der Waals surface area contributed by atoms with E-state index in [1.807, 2.05) is 13.8 Å². The standard InChI is InChI=1S/C16H15F3N2O3S2/c1-9(2)14-20-13-15(25-14)26(23,24)8-12(22)21(13)7-10-4-3-5-11(6-10)16(17,18)19/h3-6,9H,7-8H2,1-2H3. The lowest BCUT2D eigenvalue weighted by Gasteiger charge is -2.25. The Morgan fingerprint density at radius 3 is 2.62 bits per heavy atom. The summed E-state index contributed by atoms with van der Waals surface area (Å²) in [7, 11) is -3.78. The lowest BCUT2D eigenvalue weighted by Crippen LogP contribution is -2.40. The summed E-state index contributed by atoms with van der Waals surface area (Å²) in [5, 5.41) is 0.558. The lowest BCUT2D eigenvalue weighted by molar-refractivity contribution is -0.137. The van der Waals surface area contributed by atoms with E-state index in [-0.39, 0.29) is 28.1 Å². The summed E-state index contributed by atoms with van der Waals surface area (Å²) in [6.45, 7) is 3.51. The van der Waals surface area contributed by atoms with Crippen LogP contribution in [0.2, 0.25) is 0 Å². The summed E-state index contributed by atoms with van der Waals surface area (Å²) in [6, 6.07) is 4.61. The van der Waals surface area contributed by atoms with Gasteiger partial charge in [-0.05, 0) is 17.7 Å². The Balaban J connectivity index is 2.02. The van der Waals surface area contributed by atoms with Crippen molar-refractivity contribution in [2.24, 2.45) is 0 Å². The highest BCUT2D eigenvalue weighted by molar-refractivity contribution is 7.94. The molecule has 5 nitrogen and oxygen atoms in total. The molecule has 1 aliphatic rings. The van der Waals surface area contributed by atoms with Gasteiger partial charge in [0.15, 0.2) is 10.0 Å². The number of halogens is 3. The number of fused-ring (bicyclic) bond motifs is 1. The zero-order chi connectivity index (χ0) is 19.3. The predicted octanol–water partition coefficient (Wildman–Crippen LogP) is 3.61. The molecule has 0 spiro atoms. The first-order chi connectivity index (χ1) is 12.0. The van der Waals surface area contributed by atoms with Crippen LogP contribution in [0.25, 0.3) is 0 Å². The van der Waals surface area contributed by atoms with Crippen molar-refractivity contribution in [1.82, 2.24) is 4.98 Å². The Bertz CT molecular complexity index is 965. The molecule has 1 aliphatic heterocycles. The number of nitrogens with zero attached hydrogens (tertiary/aromatic N) is 2. The molecule has 2 aromatic rings. The van der Waals surface area contributed by atoms with Crippen molar-refractivity contribution in [1.29, 1.82) is 0 Å². The molecule has 0 aliphatic carbocycles. The largest absolute Gasteiger partial charge is 0.416 e. The predicted molar refractivity (Wildman–Crippen MR) is 90.9 cm³/mol.